The molecule has 0 spiro atoms. The number of benzene rings is 2. The van der Waals surface area contributed by atoms with Gasteiger partial charge >= 0.3 is 5.69 Å². The Balaban J connectivity index is 1.56. The normalized spacial score (nSPS) is 10.9. The zero-order chi connectivity index (χ0) is 25.9. The number of Topliss-reactive ketones (excluding diaryl/α,β-unsaturated/α-hetero) is 1. The Morgan fingerprint density at radius 2 is 1.73 bits per heavy atom. The molecule has 0 radical (unpaired) electrons. The third-order valence-corrected chi connectivity index (χ3v) is 7.55. The minimum absolute atomic E-state index is 0.239. The van der Waals surface area contributed by atoms with Gasteiger partial charge in [0.25, 0.3) is 5.56 Å². The number of hydrogen-bond donors (Lipinski definition) is 0. The van der Waals surface area contributed by atoms with E-state index in [-0.39, 0.29) is 18.9 Å². The van der Waals surface area contributed by atoms with Crippen molar-refractivity contribution in [1.82, 2.24) is 14.1 Å². The summed E-state index contributed by atoms with van der Waals surface area (Å²) in [6.45, 7) is 1.89. The number of thiophene rings is 1. The lowest BCUT2D eigenvalue weighted by atomic mass is 9.99. The van der Waals surface area contributed by atoms with E-state index >= 15 is 0 Å². The molecule has 5 rings (SSSR count). The van der Waals surface area contributed by atoms with Crippen LogP contribution in [0.1, 0.15) is 33.3 Å². The van der Waals surface area contributed by atoms with Gasteiger partial charge < -0.3 is 0 Å². The molecule has 0 amide bonds. The van der Waals surface area contributed by atoms with Crippen molar-refractivity contribution in [2.24, 2.45) is 0 Å². The van der Waals surface area contributed by atoms with E-state index in [1.807, 2.05) is 55.5 Å². The molecule has 0 aliphatic heterocycles. The van der Waals surface area contributed by atoms with Crippen LogP contribution < -0.4 is 11.2 Å². The number of pyridine rings is 1. The van der Waals surface area contributed by atoms with E-state index in [1.54, 1.807) is 22.8 Å². The molecule has 3 aromatic heterocycles. The van der Waals surface area contributed by atoms with Crippen molar-refractivity contribution in [3.8, 4) is 17.2 Å². The maximum atomic E-state index is 13.6. The molecule has 182 valence electrons. The van der Waals surface area contributed by atoms with Gasteiger partial charge in [0, 0.05) is 22.8 Å². The summed E-state index contributed by atoms with van der Waals surface area (Å²) in [7, 11) is 0. The van der Waals surface area contributed by atoms with Crippen LogP contribution in [-0.4, -0.2) is 19.9 Å². The highest BCUT2D eigenvalue weighted by atomic mass is 32.1. The van der Waals surface area contributed by atoms with Gasteiger partial charge in [-0.05, 0) is 47.4 Å². The lowest BCUT2D eigenvalue weighted by Crippen LogP contribution is -2.41. The second-order valence-corrected chi connectivity index (χ2v) is 9.67. The number of aromatic nitrogens is 3. The molecule has 5 aromatic rings. The Kier molecular flexibility index (Phi) is 6.62. The second kappa shape index (κ2) is 10.2. The molecule has 3 heterocycles. The highest BCUT2D eigenvalue weighted by Crippen LogP contribution is 2.26. The third kappa shape index (κ3) is 4.65. The van der Waals surface area contributed by atoms with Crippen LogP contribution in [0.25, 0.3) is 21.3 Å². The fourth-order valence-electron chi connectivity index (χ4n) is 4.28. The Morgan fingerprint density at radius 3 is 2.43 bits per heavy atom. The van der Waals surface area contributed by atoms with E-state index in [4.69, 9.17) is 0 Å². The van der Waals surface area contributed by atoms with E-state index in [9.17, 15) is 19.6 Å². The molecule has 0 atom stereocenters. The molecule has 2 aromatic carbocycles. The highest BCUT2D eigenvalue weighted by Gasteiger charge is 2.19. The van der Waals surface area contributed by atoms with Gasteiger partial charge in [-0.25, -0.2) is 4.79 Å². The molecule has 0 aliphatic rings. The highest BCUT2D eigenvalue weighted by molar-refractivity contribution is 7.18. The minimum atomic E-state index is -0.525. The molecular formula is C29H22N4O3S. The average Bonchev–Trinajstić information content (AvgIpc) is 3.39. The first kappa shape index (κ1) is 24.1. The fraction of sp³-hybridized carbons (Fsp3) is 0.138. The lowest BCUT2D eigenvalue weighted by Gasteiger charge is -2.12. The SMILES string of the molecule is CCc1cc2c(=O)n(CC(=O)c3ccncc3)c(=O)n(Cc3ccc(-c4ccccc4C#N)cc3)c2s1. The number of hydrogen-bond acceptors (Lipinski definition) is 6. The molecule has 0 unspecified atom stereocenters. The van der Waals surface area contributed by atoms with Crippen LogP contribution in [0.4, 0.5) is 0 Å². The van der Waals surface area contributed by atoms with Crippen LogP contribution in [0.5, 0.6) is 0 Å². The van der Waals surface area contributed by atoms with Crippen molar-refractivity contribution < 1.29 is 4.79 Å². The van der Waals surface area contributed by atoms with E-state index in [0.717, 1.165) is 32.6 Å². The van der Waals surface area contributed by atoms with Crippen molar-refractivity contribution in [3.63, 3.8) is 0 Å². The monoisotopic (exact) mass is 506 g/mol. The second-order valence-electron chi connectivity index (χ2n) is 8.56. The van der Waals surface area contributed by atoms with Crippen molar-refractivity contribution in [2.75, 3.05) is 0 Å². The summed E-state index contributed by atoms with van der Waals surface area (Å²) in [6.07, 6.45) is 3.74. The van der Waals surface area contributed by atoms with Gasteiger partial charge in [0.2, 0.25) is 0 Å². The Hall–Kier alpha value is -4.61. The predicted molar refractivity (Wildman–Crippen MR) is 144 cm³/mol. The quantitative estimate of drug-likeness (QED) is 0.299. The van der Waals surface area contributed by atoms with Gasteiger partial charge in [0.1, 0.15) is 4.83 Å². The smallest absolute Gasteiger partial charge is 0.292 e. The summed E-state index contributed by atoms with van der Waals surface area (Å²) in [5.41, 5.74) is 2.59. The number of carbonyl (C=O) groups is 1. The van der Waals surface area contributed by atoms with Gasteiger partial charge in [-0.1, -0.05) is 49.4 Å². The molecule has 0 fully saturated rings. The van der Waals surface area contributed by atoms with E-state index in [2.05, 4.69) is 11.1 Å². The van der Waals surface area contributed by atoms with Crippen LogP contribution in [0.3, 0.4) is 0 Å². The summed E-state index contributed by atoms with van der Waals surface area (Å²) in [5, 5.41) is 9.86. The number of nitriles is 1. The maximum Gasteiger partial charge on any atom is 0.332 e. The number of aryl methyl sites for hydroxylation is 1. The summed E-state index contributed by atoms with van der Waals surface area (Å²) >= 11 is 1.42. The standard InChI is InChI=1S/C29H22N4O3S/c1-2-23-15-25-27(35)32(18-26(34)21-11-13-31-14-12-21)29(36)33(28(25)37-23)17-19-7-9-20(10-8-19)24-6-4-3-5-22(24)16-30/h3-15H,2,17-18H2,1H3. The van der Waals surface area contributed by atoms with Gasteiger partial charge in [0.15, 0.2) is 5.78 Å². The largest absolute Gasteiger partial charge is 0.332 e. The van der Waals surface area contributed by atoms with Crippen molar-refractivity contribution in [1.29, 1.82) is 5.26 Å². The van der Waals surface area contributed by atoms with Crippen LogP contribution in [-0.2, 0) is 19.5 Å². The fourth-order valence-corrected chi connectivity index (χ4v) is 5.36. The summed E-state index contributed by atoms with van der Waals surface area (Å²) in [6, 6.07) is 22.2. The van der Waals surface area contributed by atoms with Crippen molar-refractivity contribution in [2.45, 2.75) is 26.4 Å². The van der Waals surface area contributed by atoms with Gasteiger partial charge in [0.05, 0.1) is 30.1 Å². The average molecular weight is 507 g/mol. The molecular weight excluding hydrogens is 484 g/mol. The summed E-state index contributed by atoms with van der Waals surface area (Å²) in [4.78, 5) is 45.2. The van der Waals surface area contributed by atoms with E-state index < -0.39 is 11.2 Å². The number of fused-ring (bicyclic) bond motifs is 1. The minimum Gasteiger partial charge on any atom is -0.292 e. The number of rotatable bonds is 7. The molecule has 8 heteroatoms. The van der Waals surface area contributed by atoms with Crippen molar-refractivity contribution >= 4 is 27.3 Å². The molecule has 37 heavy (non-hydrogen) atoms. The number of nitrogens with zero attached hydrogens (tertiary/aromatic N) is 4. The third-order valence-electron chi connectivity index (χ3n) is 6.25. The van der Waals surface area contributed by atoms with Gasteiger partial charge in [-0.2, -0.15) is 5.26 Å². The number of carbonyl (C=O) groups excluding carboxylic acids is 1. The first-order chi connectivity index (χ1) is 18.0. The molecule has 0 saturated heterocycles. The van der Waals surface area contributed by atoms with Crippen LogP contribution in [0.15, 0.2) is 88.7 Å². The predicted octanol–water partition coefficient (Wildman–Crippen LogP) is 4.65. The van der Waals surface area contributed by atoms with Crippen molar-refractivity contribution in [3.05, 3.63) is 122 Å². The first-order valence-electron chi connectivity index (χ1n) is 11.8. The molecule has 7 nitrogen and oxygen atoms in total. The molecule has 0 bridgehead atoms. The number of ketones is 1. The first-order valence-corrected chi connectivity index (χ1v) is 12.6. The van der Waals surface area contributed by atoms with Crippen LogP contribution in [0, 0.1) is 11.3 Å². The van der Waals surface area contributed by atoms with Gasteiger partial charge in [-0.15, -0.1) is 11.3 Å². The Morgan fingerprint density at radius 1 is 1.00 bits per heavy atom. The van der Waals surface area contributed by atoms with Crippen LogP contribution in [0.2, 0.25) is 0 Å². The van der Waals surface area contributed by atoms with E-state index in [1.165, 1.54) is 23.7 Å². The molecule has 0 saturated carbocycles. The lowest BCUT2D eigenvalue weighted by molar-refractivity contribution is 0.0968. The topological polar surface area (TPSA) is 97.8 Å². The molecule has 0 N–H and O–H groups in total. The van der Waals surface area contributed by atoms with E-state index in [0.29, 0.717) is 21.3 Å². The van der Waals surface area contributed by atoms with Crippen LogP contribution >= 0.6 is 11.3 Å². The maximum absolute atomic E-state index is 13.6. The molecule has 0 aliphatic carbocycles. The Labute approximate surface area is 216 Å². The zero-order valence-corrected chi connectivity index (χ0v) is 20.9. The summed E-state index contributed by atoms with van der Waals surface area (Å²) < 4.78 is 2.59. The summed E-state index contributed by atoms with van der Waals surface area (Å²) in [5.74, 6) is -0.334. The zero-order valence-electron chi connectivity index (χ0n) is 20.0. The van der Waals surface area contributed by atoms with Gasteiger partial charge in [-0.3, -0.25) is 23.7 Å². The Bertz CT molecular complexity index is 1780.